The molecule has 0 radical (unpaired) electrons. The quantitative estimate of drug-likeness (QED) is 0.744. The monoisotopic (exact) mass is 286 g/mol. The van der Waals surface area contributed by atoms with Gasteiger partial charge in [0.25, 0.3) is 5.56 Å². The Morgan fingerprint density at radius 2 is 1.57 bits per heavy atom. The predicted molar refractivity (Wildman–Crippen MR) is 77.2 cm³/mol. The summed E-state index contributed by atoms with van der Waals surface area (Å²) in [7, 11) is 0. The summed E-state index contributed by atoms with van der Waals surface area (Å²) in [6.07, 6.45) is 0. The van der Waals surface area contributed by atoms with Crippen LogP contribution in [0.2, 0.25) is 0 Å². The molecule has 21 heavy (non-hydrogen) atoms. The minimum absolute atomic E-state index is 0.0297. The van der Waals surface area contributed by atoms with Gasteiger partial charge < -0.3 is 4.98 Å². The maximum Gasteiger partial charge on any atom is 0.259 e. The second-order valence-electron chi connectivity index (χ2n) is 5.07. The normalized spacial score (nSPS) is 11.0. The molecule has 0 saturated heterocycles. The van der Waals surface area contributed by atoms with Crippen molar-refractivity contribution in [3.05, 3.63) is 63.4 Å². The van der Waals surface area contributed by atoms with Crippen molar-refractivity contribution in [2.75, 3.05) is 0 Å². The lowest BCUT2D eigenvalue weighted by atomic mass is 10.1. The van der Waals surface area contributed by atoms with Gasteiger partial charge in [-0.25, -0.2) is 13.8 Å². The van der Waals surface area contributed by atoms with Gasteiger partial charge in [0.2, 0.25) is 0 Å². The fourth-order valence-corrected chi connectivity index (χ4v) is 2.38. The molecule has 5 heteroatoms. The molecule has 0 unspecified atom stereocenters. The van der Waals surface area contributed by atoms with Gasteiger partial charge >= 0.3 is 0 Å². The number of aryl methyl sites for hydroxylation is 2. The van der Waals surface area contributed by atoms with Crippen LogP contribution in [0, 0.1) is 25.5 Å². The van der Waals surface area contributed by atoms with E-state index in [1.54, 1.807) is 0 Å². The lowest BCUT2D eigenvalue weighted by Gasteiger charge is -2.06. The first-order chi connectivity index (χ1) is 9.94. The third kappa shape index (κ3) is 2.42. The minimum Gasteiger partial charge on any atom is -0.306 e. The molecule has 1 aromatic heterocycles. The van der Waals surface area contributed by atoms with Crippen molar-refractivity contribution in [2.45, 2.75) is 13.8 Å². The van der Waals surface area contributed by atoms with E-state index in [1.807, 2.05) is 32.0 Å². The van der Waals surface area contributed by atoms with Gasteiger partial charge in [-0.3, -0.25) is 4.79 Å². The smallest absolute Gasteiger partial charge is 0.259 e. The number of nitrogens with one attached hydrogen (secondary N) is 1. The van der Waals surface area contributed by atoms with Crippen LogP contribution in [0.1, 0.15) is 11.1 Å². The van der Waals surface area contributed by atoms with Crippen molar-refractivity contribution in [1.82, 2.24) is 9.97 Å². The van der Waals surface area contributed by atoms with E-state index in [1.165, 1.54) is 0 Å². The Hall–Kier alpha value is -2.56. The number of benzene rings is 2. The van der Waals surface area contributed by atoms with Crippen molar-refractivity contribution in [1.29, 1.82) is 0 Å². The summed E-state index contributed by atoms with van der Waals surface area (Å²) >= 11 is 0. The van der Waals surface area contributed by atoms with Gasteiger partial charge in [-0.05, 0) is 32.0 Å². The maximum absolute atomic E-state index is 13.3. The van der Waals surface area contributed by atoms with Crippen LogP contribution in [-0.4, -0.2) is 9.97 Å². The number of rotatable bonds is 1. The van der Waals surface area contributed by atoms with Crippen LogP contribution in [-0.2, 0) is 0 Å². The van der Waals surface area contributed by atoms with Gasteiger partial charge in [-0.15, -0.1) is 0 Å². The Morgan fingerprint density at radius 3 is 2.24 bits per heavy atom. The number of nitrogens with zero attached hydrogens (tertiary/aromatic N) is 1. The average Bonchev–Trinajstić information content (AvgIpc) is 2.40. The zero-order valence-electron chi connectivity index (χ0n) is 11.5. The molecule has 0 spiro atoms. The molecule has 3 nitrogen and oxygen atoms in total. The molecule has 3 aromatic rings. The molecule has 3 rings (SSSR count). The largest absolute Gasteiger partial charge is 0.306 e. The lowest BCUT2D eigenvalue weighted by molar-refractivity contribution is 0.510. The molecule has 0 fully saturated rings. The molecule has 0 aliphatic heterocycles. The van der Waals surface area contributed by atoms with E-state index in [4.69, 9.17) is 0 Å². The molecule has 0 bridgehead atoms. The van der Waals surface area contributed by atoms with Crippen molar-refractivity contribution >= 4 is 10.9 Å². The molecule has 106 valence electrons. The van der Waals surface area contributed by atoms with E-state index in [9.17, 15) is 13.6 Å². The van der Waals surface area contributed by atoms with Crippen molar-refractivity contribution in [2.24, 2.45) is 0 Å². The van der Waals surface area contributed by atoms with E-state index in [2.05, 4.69) is 9.97 Å². The van der Waals surface area contributed by atoms with Crippen LogP contribution in [0.4, 0.5) is 8.78 Å². The lowest BCUT2D eigenvalue weighted by Crippen LogP contribution is -2.10. The average molecular weight is 286 g/mol. The Labute approximate surface area is 119 Å². The molecule has 0 saturated carbocycles. The van der Waals surface area contributed by atoms with Crippen LogP contribution in [0.15, 0.2) is 35.1 Å². The summed E-state index contributed by atoms with van der Waals surface area (Å²) in [5.74, 6) is -1.74. The molecule has 0 aliphatic carbocycles. The van der Waals surface area contributed by atoms with Gasteiger partial charge in [0.1, 0.15) is 5.82 Å². The topological polar surface area (TPSA) is 45.8 Å². The maximum atomic E-state index is 13.3. The molecule has 1 N–H and O–H groups in total. The zero-order valence-corrected chi connectivity index (χ0v) is 11.5. The van der Waals surface area contributed by atoms with Crippen LogP contribution in [0.5, 0.6) is 0 Å². The first-order valence-electron chi connectivity index (χ1n) is 6.42. The second kappa shape index (κ2) is 4.77. The summed E-state index contributed by atoms with van der Waals surface area (Å²) in [6.45, 7) is 3.87. The Balaban J connectivity index is 2.29. The second-order valence-corrected chi connectivity index (χ2v) is 5.07. The van der Waals surface area contributed by atoms with Gasteiger partial charge in [-0.1, -0.05) is 17.2 Å². The fourth-order valence-electron chi connectivity index (χ4n) is 2.38. The van der Waals surface area contributed by atoms with Crippen LogP contribution in [0.3, 0.4) is 0 Å². The van der Waals surface area contributed by atoms with E-state index < -0.39 is 17.2 Å². The van der Waals surface area contributed by atoms with E-state index in [0.29, 0.717) is 5.82 Å². The molecule has 0 atom stereocenters. The summed E-state index contributed by atoms with van der Waals surface area (Å²) in [5.41, 5.74) is 2.42. The third-order valence-electron chi connectivity index (χ3n) is 3.24. The van der Waals surface area contributed by atoms with Gasteiger partial charge in [-0.2, -0.15) is 0 Å². The number of aromatic amines is 1. The van der Waals surface area contributed by atoms with Gasteiger partial charge in [0.05, 0.1) is 10.9 Å². The summed E-state index contributed by atoms with van der Waals surface area (Å²) in [6, 6.07) is 7.54. The van der Waals surface area contributed by atoms with E-state index in [0.717, 1.165) is 28.8 Å². The molecule has 2 aromatic carbocycles. The van der Waals surface area contributed by atoms with Crippen molar-refractivity contribution in [3.63, 3.8) is 0 Å². The highest BCUT2D eigenvalue weighted by atomic mass is 19.2. The molecular formula is C16H12F2N2O. The highest BCUT2D eigenvalue weighted by Crippen LogP contribution is 2.20. The number of H-pyrrole nitrogens is 1. The van der Waals surface area contributed by atoms with E-state index in [-0.39, 0.29) is 10.9 Å². The predicted octanol–water partition coefficient (Wildman–Crippen LogP) is 3.49. The zero-order chi connectivity index (χ0) is 15.1. The number of halogens is 2. The van der Waals surface area contributed by atoms with E-state index >= 15 is 0 Å². The van der Waals surface area contributed by atoms with Crippen LogP contribution < -0.4 is 5.56 Å². The molecule has 0 aliphatic rings. The summed E-state index contributed by atoms with van der Waals surface area (Å²) < 4.78 is 26.5. The standard InChI is InChI=1S/C16H12F2N2O/c1-8-3-9(2)5-10(4-8)15-19-14-7-13(18)12(17)6-11(14)16(21)20-15/h3-7H,1-2H3,(H,19,20,21). The van der Waals surface area contributed by atoms with Crippen molar-refractivity contribution in [3.8, 4) is 11.4 Å². The number of hydrogen-bond donors (Lipinski definition) is 1. The number of aromatic nitrogens is 2. The highest BCUT2D eigenvalue weighted by Gasteiger charge is 2.11. The fraction of sp³-hybridized carbons (Fsp3) is 0.125. The van der Waals surface area contributed by atoms with Crippen LogP contribution in [0.25, 0.3) is 22.3 Å². The van der Waals surface area contributed by atoms with Gasteiger partial charge in [0.15, 0.2) is 11.6 Å². The number of fused-ring (bicyclic) bond motifs is 1. The Kier molecular flexibility index (Phi) is 3.05. The first kappa shape index (κ1) is 13.4. The summed E-state index contributed by atoms with van der Waals surface area (Å²) in [4.78, 5) is 18.9. The number of hydrogen-bond acceptors (Lipinski definition) is 2. The van der Waals surface area contributed by atoms with Gasteiger partial charge in [0, 0.05) is 11.6 Å². The Morgan fingerprint density at radius 1 is 0.952 bits per heavy atom. The van der Waals surface area contributed by atoms with Crippen LogP contribution >= 0.6 is 0 Å². The SMILES string of the molecule is Cc1cc(C)cc(-c2nc3cc(F)c(F)cc3c(=O)[nH]2)c1. The molecule has 1 heterocycles. The molecular weight excluding hydrogens is 274 g/mol. The third-order valence-corrected chi connectivity index (χ3v) is 3.24. The minimum atomic E-state index is -1.06. The van der Waals surface area contributed by atoms with Crippen molar-refractivity contribution < 1.29 is 8.78 Å². The summed E-state index contributed by atoms with van der Waals surface area (Å²) in [5, 5.41) is 0.0297. The molecule has 0 amide bonds. The Bertz CT molecular complexity index is 896. The first-order valence-corrected chi connectivity index (χ1v) is 6.42. The highest BCUT2D eigenvalue weighted by molar-refractivity contribution is 5.79.